The largest absolute Gasteiger partial charge is 0.573 e. The predicted molar refractivity (Wildman–Crippen MR) is 74.3 cm³/mol. The van der Waals surface area contributed by atoms with Crippen LogP contribution in [-0.4, -0.2) is 22.5 Å². The van der Waals surface area contributed by atoms with E-state index in [1.165, 1.54) is 24.3 Å². The number of halogens is 3. The number of nitrogens with one attached hydrogen (secondary N) is 1. The highest BCUT2D eigenvalue weighted by molar-refractivity contribution is 5.77. The first-order valence-electron chi connectivity index (χ1n) is 6.49. The lowest BCUT2D eigenvalue weighted by atomic mass is 10.2. The summed E-state index contributed by atoms with van der Waals surface area (Å²) in [7, 11) is 0. The van der Waals surface area contributed by atoms with E-state index < -0.39 is 6.36 Å². The van der Waals surface area contributed by atoms with Crippen LogP contribution >= 0.6 is 0 Å². The second-order valence-electron chi connectivity index (χ2n) is 4.48. The number of alkyl halides is 3. The lowest BCUT2D eigenvalue weighted by Crippen LogP contribution is -2.31. The van der Waals surface area contributed by atoms with Crippen molar-refractivity contribution in [3.63, 3.8) is 0 Å². The van der Waals surface area contributed by atoms with Crippen LogP contribution in [0.1, 0.15) is 17.3 Å². The first-order chi connectivity index (χ1) is 10.8. The van der Waals surface area contributed by atoms with Gasteiger partial charge in [-0.2, -0.15) is 4.98 Å². The topological polar surface area (TPSA) is 98.6 Å². The molecule has 1 aromatic carbocycles. The van der Waals surface area contributed by atoms with Gasteiger partial charge in [-0.25, -0.2) is 4.99 Å². The average Bonchev–Trinajstić information content (AvgIpc) is 2.88. The zero-order chi connectivity index (χ0) is 16.9. The number of guanidine groups is 1. The van der Waals surface area contributed by atoms with E-state index in [4.69, 9.17) is 10.3 Å². The van der Waals surface area contributed by atoms with Gasteiger partial charge in [0.2, 0.25) is 5.89 Å². The van der Waals surface area contributed by atoms with Gasteiger partial charge in [-0.1, -0.05) is 17.3 Å². The molecular formula is C13H14F3N5O2. The molecule has 23 heavy (non-hydrogen) atoms. The van der Waals surface area contributed by atoms with Gasteiger partial charge in [0, 0.05) is 6.92 Å². The van der Waals surface area contributed by atoms with E-state index in [-0.39, 0.29) is 24.8 Å². The fourth-order valence-corrected chi connectivity index (χ4v) is 1.61. The summed E-state index contributed by atoms with van der Waals surface area (Å²) in [6, 6.07) is 5.37. The molecule has 0 radical (unpaired) electrons. The Kier molecular flexibility index (Phi) is 5.04. The molecule has 1 heterocycles. The lowest BCUT2D eigenvalue weighted by Gasteiger charge is -2.08. The molecule has 3 N–H and O–H groups in total. The molecule has 2 rings (SSSR count). The zero-order valence-corrected chi connectivity index (χ0v) is 12.1. The monoisotopic (exact) mass is 329 g/mol. The number of nitrogens with two attached hydrogens (primary N) is 1. The van der Waals surface area contributed by atoms with E-state index in [2.05, 4.69) is 25.2 Å². The summed E-state index contributed by atoms with van der Waals surface area (Å²) in [6.07, 6.45) is -4.71. The molecule has 0 unspecified atom stereocenters. The van der Waals surface area contributed by atoms with Crippen LogP contribution in [0.2, 0.25) is 0 Å². The standard InChI is InChI=1S/C13H14F3N5O2/c1-8-20-11(21-23-8)7-19-12(17)18-6-9-2-4-10(5-3-9)22-13(14,15)16/h2-5H,6-7H2,1H3,(H3,17,18,19). The highest BCUT2D eigenvalue weighted by Gasteiger charge is 2.30. The van der Waals surface area contributed by atoms with Crippen LogP contribution in [0.5, 0.6) is 5.75 Å². The lowest BCUT2D eigenvalue weighted by molar-refractivity contribution is -0.274. The average molecular weight is 329 g/mol. The molecular weight excluding hydrogens is 315 g/mol. The number of aliphatic imine (C=N–C) groups is 1. The minimum Gasteiger partial charge on any atom is -0.406 e. The normalized spacial score (nSPS) is 12.3. The van der Waals surface area contributed by atoms with Crippen LogP contribution in [0.3, 0.4) is 0 Å². The molecule has 0 saturated heterocycles. The van der Waals surface area contributed by atoms with Crippen LogP contribution in [0.4, 0.5) is 13.2 Å². The van der Waals surface area contributed by atoms with Crippen molar-refractivity contribution in [3.8, 4) is 5.75 Å². The number of hydrogen-bond acceptors (Lipinski definition) is 5. The summed E-state index contributed by atoms with van der Waals surface area (Å²) in [5, 5.41) is 6.47. The number of ether oxygens (including phenoxy) is 1. The fraction of sp³-hybridized carbons (Fsp3) is 0.308. The Morgan fingerprint density at radius 2 is 2.04 bits per heavy atom. The number of benzene rings is 1. The maximum atomic E-state index is 12.0. The molecule has 1 aromatic heterocycles. The molecule has 0 saturated carbocycles. The van der Waals surface area contributed by atoms with Gasteiger partial charge in [-0.15, -0.1) is 13.2 Å². The summed E-state index contributed by atoms with van der Waals surface area (Å²) in [5.74, 6) is 0.750. The van der Waals surface area contributed by atoms with Crippen LogP contribution in [0.25, 0.3) is 0 Å². The smallest absolute Gasteiger partial charge is 0.406 e. The molecule has 0 aliphatic rings. The second-order valence-corrected chi connectivity index (χ2v) is 4.48. The SMILES string of the molecule is Cc1nc(CNC(N)=NCc2ccc(OC(F)(F)F)cc2)no1. The Labute approximate surface area is 129 Å². The molecule has 0 fully saturated rings. The van der Waals surface area contributed by atoms with Gasteiger partial charge in [0.15, 0.2) is 11.8 Å². The molecule has 0 aliphatic carbocycles. The van der Waals surface area contributed by atoms with Crippen LogP contribution in [0, 0.1) is 6.92 Å². The van der Waals surface area contributed by atoms with Crippen molar-refractivity contribution in [1.29, 1.82) is 0 Å². The Morgan fingerprint density at radius 1 is 1.35 bits per heavy atom. The van der Waals surface area contributed by atoms with Gasteiger partial charge in [0.05, 0.1) is 13.1 Å². The third-order valence-corrected chi connectivity index (χ3v) is 2.59. The minimum atomic E-state index is -4.71. The van der Waals surface area contributed by atoms with Crippen molar-refractivity contribution in [3.05, 3.63) is 41.5 Å². The van der Waals surface area contributed by atoms with Crippen molar-refractivity contribution in [2.24, 2.45) is 10.7 Å². The van der Waals surface area contributed by atoms with E-state index >= 15 is 0 Å². The number of hydrogen-bond donors (Lipinski definition) is 2. The van der Waals surface area contributed by atoms with Gasteiger partial charge in [0.1, 0.15) is 5.75 Å². The number of aromatic nitrogens is 2. The maximum absolute atomic E-state index is 12.0. The van der Waals surface area contributed by atoms with E-state index in [1.807, 2.05) is 0 Å². The minimum absolute atomic E-state index is 0.156. The van der Waals surface area contributed by atoms with Gasteiger partial charge < -0.3 is 20.3 Å². The van der Waals surface area contributed by atoms with Gasteiger partial charge in [0.25, 0.3) is 0 Å². The van der Waals surface area contributed by atoms with Crippen LogP contribution in [-0.2, 0) is 13.1 Å². The Morgan fingerprint density at radius 3 is 2.61 bits per heavy atom. The third kappa shape index (κ3) is 5.85. The predicted octanol–water partition coefficient (Wildman–Crippen LogP) is 1.88. The first-order valence-corrected chi connectivity index (χ1v) is 6.49. The summed E-state index contributed by atoms with van der Waals surface area (Å²) >= 11 is 0. The number of aryl methyl sites for hydroxylation is 1. The highest BCUT2D eigenvalue weighted by Crippen LogP contribution is 2.22. The number of rotatable bonds is 5. The maximum Gasteiger partial charge on any atom is 0.573 e. The summed E-state index contributed by atoms with van der Waals surface area (Å²) in [5.41, 5.74) is 6.35. The summed E-state index contributed by atoms with van der Waals surface area (Å²) < 4.78 is 44.7. The Balaban J connectivity index is 1.84. The zero-order valence-electron chi connectivity index (χ0n) is 12.1. The first kappa shape index (κ1) is 16.6. The molecule has 124 valence electrons. The molecule has 2 aromatic rings. The van der Waals surface area contributed by atoms with Crippen molar-refractivity contribution < 1.29 is 22.4 Å². The summed E-state index contributed by atoms with van der Waals surface area (Å²) in [6.45, 7) is 2.13. The Bertz CT molecular complexity index is 667. The molecule has 0 atom stereocenters. The van der Waals surface area contributed by atoms with Crippen LogP contribution in [0.15, 0.2) is 33.8 Å². The van der Waals surface area contributed by atoms with Crippen molar-refractivity contribution in [2.75, 3.05) is 0 Å². The summed E-state index contributed by atoms with van der Waals surface area (Å²) in [4.78, 5) is 8.04. The van der Waals surface area contributed by atoms with Gasteiger partial charge in [-0.05, 0) is 17.7 Å². The second kappa shape index (κ2) is 6.99. The fourth-order valence-electron chi connectivity index (χ4n) is 1.61. The molecule has 0 amide bonds. The Hall–Kier alpha value is -2.78. The molecule has 0 bridgehead atoms. The molecule has 0 spiro atoms. The van der Waals surface area contributed by atoms with Crippen molar-refractivity contribution in [1.82, 2.24) is 15.5 Å². The van der Waals surface area contributed by atoms with E-state index in [1.54, 1.807) is 6.92 Å². The van der Waals surface area contributed by atoms with E-state index in [9.17, 15) is 13.2 Å². The molecule has 0 aliphatic heterocycles. The van der Waals surface area contributed by atoms with Crippen molar-refractivity contribution in [2.45, 2.75) is 26.4 Å². The third-order valence-electron chi connectivity index (χ3n) is 2.59. The molecule has 10 heteroatoms. The van der Waals surface area contributed by atoms with Crippen molar-refractivity contribution >= 4 is 5.96 Å². The van der Waals surface area contributed by atoms with Crippen LogP contribution < -0.4 is 15.8 Å². The number of nitrogens with zero attached hydrogens (tertiary/aromatic N) is 3. The van der Waals surface area contributed by atoms with Gasteiger partial charge in [-0.3, -0.25) is 0 Å². The quantitative estimate of drug-likeness (QED) is 0.642. The highest BCUT2D eigenvalue weighted by atomic mass is 19.4. The van der Waals surface area contributed by atoms with Gasteiger partial charge >= 0.3 is 6.36 Å². The van der Waals surface area contributed by atoms with E-state index in [0.717, 1.165) is 0 Å². The van der Waals surface area contributed by atoms with E-state index in [0.29, 0.717) is 17.3 Å². The molecule has 7 nitrogen and oxygen atoms in total.